The van der Waals surface area contributed by atoms with Crippen molar-refractivity contribution in [1.82, 2.24) is 10.2 Å². The molecule has 0 fully saturated rings. The van der Waals surface area contributed by atoms with Gasteiger partial charge in [-0.3, -0.25) is 9.59 Å². The van der Waals surface area contributed by atoms with Crippen LogP contribution in [0, 0.1) is 0 Å². The number of rotatable bonds is 5. The van der Waals surface area contributed by atoms with Gasteiger partial charge in [0.05, 0.1) is 17.0 Å². The van der Waals surface area contributed by atoms with Gasteiger partial charge in [-0.25, -0.2) is 13.6 Å². The van der Waals surface area contributed by atoms with Crippen molar-refractivity contribution < 1.29 is 23.1 Å². The molecule has 3 rings (SSSR count). The number of nitrogens with zero attached hydrogens (tertiary/aromatic N) is 1. The lowest BCUT2D eigenvalue weighted by Gasteiger charge is -2.10. The maximum absolute atomic E-state index is 12.2. The summed E-state index contributed by atoms with van der Waals surface area (Å²) < 4.78 is 23.1. The van der Waals surface area contributed by atoms with Crippen LogP contribution < -0.4 is 10.5 Å². The van der Waals surface area contributed by atoms with Crippen LogP contribution in [-0.4, -0.2) is 43.8 Å². The van der Waals surface area contributed by atoms with E-state index in [1.54, 1.807) is 24.3 Å². The van der Waals surface area contributed by atoms with Crippen LogP contribution in [0.4, 0.5) is 0 Å². The van der Waals surface area contributed by atoms with Crippen LogP contribution in [0.1, 0.15) is 5.56 Å². The van der Waals surface area contributed by atoms with E-state index in [0.717, 1.165) is 11.1 Å². The molecule has 1 aliphatic rings. The van der Waals surface area contributed by atoms with Gasteiger partial charge in [-0.15, -0.1) is 0 Å². The van der Waals surface area contributed by atoms with Crippen LogP contribution in [0.2, 0.25) is 0 Å². The van der Waals surface area contributed by atoms with Gasteiger partial charge in [-0.05, 0) is 34.9 Å². The number of carbonyl (C=O) groups excluding carboxylic acids is 2. The summed E-state index contributed by atoms with van der Waals surface area (Å²) in [7, 11) is -2.31. The number of carbonyl (C=O) groups is 2. The molecule has 0 saturated heterocycles. The molecule has 0 unspecified atom stereocenters. The molecule has 28 heavy (non-hydrogen) atoms. The Labute approximate surface area is 162 Å². The molecular weight excluding hydrogens is 382 g/mol. The van der Waals surface area contributed by atoms with Crippen molar-refractivity contribution in [1.29, 1.82) is 0 Å². The van der Waals surface area contributed by atoms with Crippen LogP contribution in [0.25, 0.3) is 11.1 Å². The fourth-order valence-corrected chi connectivity index (χ4v) is 3.44. The third-order valence-corrected chi connectivity index (χ3v) is 5.29. The molecule has 0 aliphatic carbocycles. The zero-order chi connectivity index (χ0) is 20.5. The molecule has 0 atom stereocenters. The van der Waals surface area contributed by atoms with E-state index in [9.17, 15) is 23.1 Å². The quantitative estimate of drug-likeness (QED) is 0.685. The summed E-state index contributed by atoms with van der Waals surface area (Å²) in [5, 5.41) is 17.6. The Morgan fingerprint density at radius 3 is 2.43 bits per heavy atom. The second-order valence-corrected chi connectivity index (χ2v) is 8.01. The van der Waals surface area contributed by atoms with Gasteiger partial charge in [0.2, 0.25) is 10.0 Å². The Morgan fingerprint density at radius 1 is 1.18 bits per heavy atom. The molecule has 0 saturated carbocycles. The first-order valence-electron chi connectivity index (χ1n) is 8.35. The highest BCUT2D eigenvalue weighted by Gasteiger charge is 2.31. The van der Waals surface area contributed by atoms with Crippen LogP contribution in [0.5, 0.6) is 0 Å². The second-order valence-electron chi connectivity index (χ2n) is 6.44. The van der Waals surface area contributed by atoms with E-state index in [4.69, 9.17) is 5.14 Å². The van der Waals surface area contributed by atoms with Crippen LogP contribution in [0.3, 0.4) is 0 Å². The van der Waals surface area contributed by atoms with Crippen molar-refractivity contribution >= 4 is 21.8 Å². The highest BCUT2D eigenvalue weighted by atomic mass is 32.2. The first kappa shape index (κ1) is 19.6. The van der Waals surface area contributed by atoms with Crippen molar-refractivity contribution in [2.75, 3.05) is 13.6 Å². The SMILES string of the molecule is CN1CC(C(=O)NCc2cccc(-c3cccc(S(N)(=O)=O)c3)c2)=C(O)C1=O. The monoisotopic (exact) mass is 401 g/mol. The fourth-order valence-electron chi connectivity index (χ4n) is 2.88. The zero-order valence-electron chi connectivity index (χ0n) is 15.0. The van der Waals surface area contributed by atoms with Crippen molar-refractivity contribution in [3.8, 4) is 11.1 Å². The lowest BCUT2D eigenvalue weighted by molar-refractivity contribution is -0.126. The molecule has 4 N–H and O–H groups in total. The molecule has 0 radical (unpaired) electrons. The van der Waals surface area contributed by atoms with Crippen molar-refractivity contribution in [2.45, 2.75) is 11.4 Å². The van der Waals surface area contributed by atoms with Crippen molar-refractivity contribution in [3.63, 3.8) is 0 Å². The second kappa shape index (κ2) is 7.45. The number of hydrogen-bond donors (Lipinski definition) is 3. The van der Waals surface area contributed by atoms with Crippen molar-refractivity contribution in [3.05, 3.63) is 65.4 Å². The average Bonchev–Trinajstić information content (AvgIpc) is 2.93. The molecule has 8 nitrogen and oxygen atoms in total. The van der Waals surface area contributed by atoms with Crippen molar-refractivity contribution in [2.24, 2.45) is 5.14 Å². The average molecular weight is 401 g/mol. The van der Waals surface area contributed by atoms with Crippen LogP contribution in [-0.2, 0) is 26.2 Å². The van der Waals surface area contributed by atoms with E-state index < -0.39 is 27.6 Å². The molecule has 1 aliphatic heterocycles. The Hall–Kier alpha value is -3.17. The fraction of sp³-hybridized carbons (Fsp3) is 0.158. The van der Waals surface area contributed by atoms with E-state index >= 15 is 0 Å². The maximum Gasteiger partial charge on any atom is 0.289 e. The first-order chi connectivity index (χ1) is 13.2. The Balaban J connectivity index is 1.76. The standard InChI is InChI=1S/C19H19N3O5S/c1-22-11-16(17(23)19(22)25)18(24)21-10-12-4-2-5-13(8-12)14-6-3-7-15(9-14)28(20,26)27/h2-9,23H,10-11H2,1H3,(H,21,24)(H2,20,26,27). The van der Waals surface area contributed by atoms with Gasteiger partial charge in [-0.1, -0.05) is 30.3 Å². The number of amides is 2. The van der Waals surface area contributed by atoms with Gasteiger partial charge >= 0.3 is 0 Å². The van der Waals surface area contributed by atoms with Gasteiger partial charge in [-0.2, -0.15) is 0 Å². The van der Waals surface area contributed by atoms with Crippen LogP contribution >= 0.6 is 0 Å². The van der Waals surface area contributed by atoms with E-state index in [0.29, 0.717) is 5.56 Å². The summed E-state index contributed by atoms with van der Waals surface area (Å²) in [6.45, 7) is 0.229. The highest BCUT2D eigenvalue weighted by Crippen LogP contribution is 2.23. The van der Waals surface area contributed by atoms with Gasteiger partial charge in [0, 0.05) is 13.6 Å². The van der Waals surface area contributed by atoms with Crippen LogP contribution in [0.15, 0.2) is 64.8 Å². The molecule has 2 amide bonds. The molecular formula is C19H19N3O5S. The number of benzene rings is 2. The first-order valence-corrected chi connectivity index (χ1v) is 9.89. The zero-order valence-corrected chi connectivity index (χ0v) is 15.9. The number of likely N-dealkylation sites (N-methyl/N-ethyl adjacent to an activating group) is 1. The largest absolute Gasteiger partial charge is 0.503 e. The third kappa shape index (κ3) is 4.05. The highest BCUT2D eigenvalue weighted by molar-refractivity contribution is 7.89. The lowest BCUT2D eigenvalue weighted by Crippen LogP contribution is -2.27. The summed E-state index contributed by atoms with van der Waals surface area (Å²) in [6, 6.07) is 13.5. The third-order valence-electron chi connectivity index (χ3n) is 4.38. The molecule has 9 heteroatoms. The molecule has 2 aromatic carbocycles. The summed E-state index contributed by atoms with van der Waals surface area (Å²) in [6.07, 6.45) is 0. The summed E-state index contributed by atoms with van der Waals surface area (Å²) in [5.74, 6) is -1.63. The summed E-state index contributed by atoms with van der Waals surface area (Å²) in [4.78, 5) is 25.1. The van der Waals surface area contributed by atoms with Gasteiger partial charge in [0.25, 0.3) is 11.8 Å². The van der Waals surface area contributed by atoms with Gasteiger partial charge in [0.1, 0.15) is 0 Å². The van der Waals surface area contributed by atoms with E-state index in [1.807, 2.05) is 12.1 Å². The van der Waals surface area contributed by atoms with E-state index in [2.05, 4.69) is 5.32 Å². The normalized spacial score (nSPS) is 14.5. The number of aliphatic hydroxyl groups is 1. The molecule has 1 heterocycles. The maximum atomic E-state index is 12.2. The summed E-state index contributed by atoms with van der Waals surface area (Å²) in [5.41, 5.74) is 2.23. The number of nitrogens with two attached hydrogens (primary N) is 1. The molecule has 2 aromatic rings. The molecule has 0 aromatic heterocycles. The van der Waals surface area contributed by atoms with E-state index in [1.165, 1.54) is 24.1 Å². The van der Waals surface area contributed by atoms with Gasteiger partial charge < -0.3 is 15.3 Å². The molecule has 146 valence electrons. The Kier molecular flexibility index (Phi) is 5.21. The minimum Gasteiger partial charge on any atom is -0.503 e. The topological polar surface area (TPSA) is 130 Å². The number of sulfonamides is 1. The minimum absolute atomic E-state index is 0.0149. The Bertz CT molecular complexity index is 1090. The molecule has 0 spiro atoms. The predicted molar refractivity (Wildman–Crippen MR) is 102 cm³/mol. The number of hydrogen-bond acceptors (Lipinski definition) is 5. The Morgan fingerprint density at radius 2 is 1.82 bits per heavy atom. The minimum atomic E-state index is -3.81. The van der Waals surface area contributed by atoms with E-state index in [-0.39, 0.29) is 23.6 Å². The number of aliphatic hydroxyl groups excluding tert-OH is 1. The lowest BCUT2D eigenvalue weighted by atomic mass is 10.0. The number of nitrogens with one attached hydrogen (secondary N) is 1. The smallest absolute Gasteiger partial charge is 0.289 e. The number of primary sulfonamides is 1. The van der Waals surface area contributed by atoms with Gasteiger partial charge in [0.15, 0.2) is 5.76 Å². The predicted octanol–water partition coefficient (Wildman–Crippen LogP) is 0.901. The summed E-state index contributed by atoms with van der Waals surface area (Å²) >= 11 is 0. The molecule has 0 bridgehead atoms.